The fraction of sp³-hybridized carbons (Fsp3) is 0.647. The Kier molecular flexibility index (Phi) is 4.35. The molecule has 0 unspecified atom stereocenters. The highest BCUT2D eigenvalue weighted by Crippen LogP contribution is 2.34. The van der Waals surface area contributed by atoms with Crippen LogP contribution in [-0.2, 0) is 19.4 Å². The lowest BCUT2D eigenvalue weighted by Gasteiger charge is -2.24. The van der Waals surface area contributed by atoms with Gasteiger partial charge in [0, 0.05) is 19.5 Å². The molecule has 2 aliphatic heterocycles. The van der Waals surface area contributed by atoms with E-state index in [9.17, 15) is 4.79 Å². The fourth-order valence-corrected chi connectivity index (χ4v) is 4.56. The SMILES string of the molecule is CCc1ncc(C(=O)N2CCC[C@@H]2c2nnc3n2CCCCC3)s1. The van der Waals surface area contributed by atoms with Crippen LogP contribution in [0.4, 0.5) is 0 Å². The van der Waals surface area contributed by atoms with Gasteiger partial charge in [0.15, 0.2) is 5.82 Å². The predicted octanol–water partition coefficient (Wildman–Crippen LogP) is 3.00. The Balaban J connectivity index is 1.61. The van der Waals surface area contributed by atoms with Crippen LogP contribution in [0, 0.1) is 0 Å². The van der Waals surface area contributed by atoms with Crippen LogP contribution in [0.2, 0.25) is 0 Å². The molecular formula is C17H23N5OS. The quantitative estimate of drug-likeness (QED) is 0.858. The Bertz CT molecular complexity index is 737. The summed E-state index contributed by atoms with van der Waals surface area (Å²) in [6.07, 6.45) is 9.21. The van der Waals surface area contributed by atoms with Crippen molar-refractivity contribution in [1.82, 2.24) is 24.6 Å². The first-order valence-electron chi connectivity index (χ1n) is 8.95. The van der Waals surface area contributed by atoms with Gasteiger partial charge in [-0.05, 0) is 32.1 Å². The molecule has 128 valence electrons. The lowest BCUT2D eigenvalue weighted by atomic mass is 10.2. The summed E-state index contributed by atoms with van der Waals surface area (Å²) in [4.78, 5) is 20.0. The third kappa shape index (κ3) is 2.75. The predicted molar refractivity (Wildman–Crippen MR) is 92.1 cm³/mol. The smallest absolute Gasteiger partial charge is 0.266 e. The second-order valence-corrected chi connectivity index (χ2v) is 7.68. The Morgan fingerprint density at radius 3 is 3.00 bits per heavy atom. The lowest BCUT2D eigenvalue weighted by Crippen LogP contribution is -2.31. The molecule has 1 atom stereocenters. The Labute approximate surface area is 145 Å². The molecule has 7 heteroatoms. The molecule has 0 aliphatic carbocycles. The van der Waals surface area contributed by atoms with Crippen LogP contribution in [0.1, 0.15) is 71.4 Å². The lowest BCUT2D eigenvalue weighted by molar-refractivity contribution is 0.0731. The van der Waals surface area contributed by atoms with Crippen LogP contribution < -0.4 is 0 Å². The average molecular weight is 345 g/mol. The molecule has 1 saturated heterocycles. The van der Waals surface area contributed by atoms with Crippen molar-refractivity contribution in [3.63, 3.8) is 0 Å². The van der Waals surface area contributed by atoms with E-state index >= 15 is 0 Å². The van der Waals surface area contributed by atoms with Crippen molar-refractivity contribution in [1.29, 1.82) is 0 Å². The number of thiazole rings is 1. The van der Waals surface area contributed by atoms with Gasteiger partial charge in [0.1, 0.15) is 10.7 Å². The first-order valence-corrected chi connectivity index (χ1v) is 9.77. The molecule has 2 aliphatic rings. The number of amides is 1. The largest absolute Gasteiger partial charge is 0.328 e. The maximum absolute atomic E-state index is 13.0. The third-order valence-corrected chi connectivity index (χ3v) is 6.15. The minimum absolute atomic E-state index is 0.0593. The Morgan fingerprint density at radius 1 is 1.25 bits per heavy atom. The highest BCUT2D eigenvalue weighted by Gasteiger charge is 2.35. The van der Waals surface area contributed by atoms with Crippen LogP contribution in [0.5, 0.6) is 0 Å². The zero-order valence-corrected chi connectivity index (χ0v) is 14.9. The van der Waals surface area contributed by atoms with E-state index < -0.39 is 0 Å². The number of carbonyl (C=O) groups is 1. The summed E-state index contributed by atoms with van der Waals surface area (Å²) in [6.45, 7) is 3.85. The summed E-state index contributed by atoms with van der Waals surface area (Å²) in [5, 5.41) is 9.91. The summed E-state index contributed by atoms with van der Waals surface area (Å²) in [7, 11) is 0. The number of likely N-dealkylation sites (tertiary alicyclic amines) is 1. The summed E-state index contributed by atoms with van der Waals surface area (Å²) >= 11 is 1.51. The van der Waals surface area contributed by atoms with Gasteiger partial charge in [-0.1, -0.05) is 13.3 Å². The van der Waals surface area contributed by atoms with Crippen molar-refractivity contribution in [2.75, 3.05) is 6.54 Å². The fourth-order valence-electron chi connectivity index (χ4n) is 3.75. The zero-order valence-electron chi connectivity index (χ0n) is 14.1. The standard InChI is InChI=1S/C17H23N5OS/c1-2-15-18-11-13(24-15)17(23)21-10-6-7-12(21)16-20-19-14-8-4-3-5-9-22(14)16/h11-12H,2-10H2,1H3/t12-/m1/s1. The van der Waals surface area contributed by atoms with Crippen molar-refractivity contribution < 1.29 is 4.79 Å². The van der Waals surface area contributed by atoms with Gasteiger partial charge in [0.25, 0.3) is 5.91 Å². The van der Waals surface area contributed by atoms with Gasteiger partial charge in [-0.15, -0.1) is 21.5 Å². The molecule has 2 aromatic heterocycles. The van der Waals surface area contributed by atoms with Crippen molar-refractivity contribution in [3.05, 3.63) is 27.7 Å². The van der Waals surface area contributed by atoms with Crippen LogP contribution in [0.3, 0.4) is 0 Å². The summed E-state index contributed by atoms with van der Waals surface area (Å²) in [5.41, 5.74) is 0. The minimum atomic E-state index is 0.0593. The molecule has 24 heavy (non-hydrogen) atoms. The molecule has 0 saturated carbocycles. The number of aromatic nitrogens is 4. The van der Waals surface area contributed by atoms with E-state index in [2.05, 4.69) is 26.7 Å². The first kappa shape index (κ1) is 15.7. The van der Waals surface area contributed by atoms with E-state index in [0.717, 1.165) is 60.3 Å². The van der Waals surface area contributed by atoms with Crippen LogP contribution in [0.25, 0.3) is 0 Å². The molecule has 0 bridgehead atoms. The van der Waals surface area contributed by atoms with Crippen LogP contribution >= 0.6 is 11.3 Å². The van der Waals surface area contributed by atoms with Crippen molar-refractivity contribution >= 4 is 17.2 Å². The monoisotopic (exact) mass is 345 g/mol. The Morgan fingerprint density at radius 2 is 2.17 bits per heavy atom. The maximum Gasteiger partial charge on any atom is 0.266 e. The van der Waals surface area contributed by atoms with Crippen LogP contribution in [0.15, 0.2) is 6.20 Å². The van der Waals surface area contributed by atoms with Gasteiger partial charge in [0.05, 0.1) is 17.2 Å². The number of aryl methyl sites for hydroxylation is 2. The number of hydrogen-bond acceptors (Lipinski definition) is 5. The van der Waals surface area contributed by atoms with Gasteiger partial charge in [-0.2, -0.15) is 0 Å². The van der Waals surface area contributed by atoms with Gasteiger partial charge in [0.2, 0.25) is 0 Å². The molecule has 4 heterocycles. The number of carbonyl (C=O) groups excluding carboxylic acids is 1. The van der Waals surface area contributed by atoms with Gasteiger partial charge < -0.3 is 9.47 Å². The second-order valence-electron chi connectivity index (χ2n) is 6.57. The molecule has 4 rings (SSSR count). The molecule has 6 nitrogen and oxygen atoms in total. The summed E-state index contributed by atoms with van der Waals surface area (Å²) < 4.78 is 2.27. The minimum Gasteiger partial charge on any atom is -0.328 e. The topological polar surface area (TPSA) is 63.9 Å². The second kappa shape index (κ2) is 6.63. The van der Waals surface area contributed by atoms with Gasteiger partial charge in [-0.3, -0.25) is 4.79 Å². The molecule has 0 aromatic carbocycles. The number of nitrogens with zero attached hydrogens (tertiary/aromatic N) is 5. The normalized spacial score (nSPS) is 20.9. The van der Waals surface area contributed by atoms with E-state index in [1.165, 1.54) is 30.6 Å². The highest BCUT2D eigenvalue weighted by atomic mass is 32.1. The molecule has 1 amide bonds. The van der Waals surface area contributed by atoms with E-state index in [1.54, 1.807) is 6.20 Å². The van der Waals surface area contributed by atoms with Crippen molar-refractivity contribution in [3.8, 4) is 0 Å². The van der Waals surface area contributed by atoms with E-state index in [0.29, 0.717) is 0 Å². The zero-order chi connectivity index (χ0) is 16.5. The maximum atomic E-state index is 13.0. The third-order valence-electron chi connectivity index (χ3n) is 5.02. The molecule has 0 N–H and O–H groups in total. The number of hydrogen-bond donors (Lipinski definition) is 0. The van der Waals surface area contributed by atoms with E-state index in [4.69, 9.17) is 0 Å². The number of rotatable bonds is 3. The van der Waals surface area contributed by atoms with E-state index in [1.807, 2.05) is 4.90 Å². The van der Waals surface area contributed by atoms with Crippen molar-refractivity contribution in [2.45, 2.75) is 64.5 Å². The molecule has 1 fully saturated rings. The van der Waals surface area contributed by atoms with E-state index in [-0.39, 0.29) is 11.9 Å². The summed E-state index contributed by atoms with van der Waals surface area (Å²) in [6, 6.07) is 0.0593. The van der Waals surface area contributed by atoms with Crippen LogP contribution in [-0.4, -0.2) is 37.1 Å². The molecule has 2 aromatic rings. The van der Waals surface area contributed by atoms with Crippen molar-refractivity contribution in [2.24, 2.45) is 0 Å². The highest BCUT2D eigenvalue weighted by molar-refractivity contribution is 7.13. The van der Waals surface area contributed by atoms with Gasteiger partial charge in [-0.25, -0.2) is 4.98 Å². The summed E-state index contributed by atoms with van der Waals surface area (Å²) in [5.74, 6) is 2.17. The molecule has 0 radical (unpaired) electrons. The molecule has 0 spiro atoms. The number of fused-ring (bicyclic) bond motifs is 1. The Hall–Kier alpha value is -1.76. The molecular weight excluding hydrogens is 322 g/mol. The van der Waals surface area contributed by atoms with Gasteiger partial charge >= 0.3 is 0 Å². The first-order chi connectivity index (χ1) is 11.8. The average Bonchev–Trinajstić information content (AvgIpc) is 3.30.